The van der Waals surface area contributed by atoms with E-state index in [1.807, 2.05) is 114 Å². The summed E-state index contributed by atoms with van der Waals surface area (Å²) in [6, 6.07) is 27.6. The second-order valence-corrected chi connectivity index (χ2v) is 28.0. The molecule has 4 aliphatic heterocycles. The lowest BCUT2D eigenvalue weighted by Gasteiger charge is -2.35. The first-order valence-corrected chi connectivity index (χ1v) is 31.5. The molecule has 16 nitrogen and oxygen atoms in total. The van der Waals surface area contributed by atoms with Gasteiger partial charge in [-0.1, -0.05) is 126 Å². The van der Waals surface area contributed by atoms with E-state index >= 15 is 0 Å². The van der Waals surface area contributed by atoms with E-state index in [2.05, 4.69) is 40.2 Å². The normalized spacial score (nSPS) is 23.6. The van der Waals surface area contributed by atoms with Gasteiger partial charge in [0, 0.05) is 25.3 Å². The molecule has 4 aromatic rings. The van der Waals surface area contributed by atoms with Gasteiger partial charge in [-0.05, 0) is 127 Å². The molecule has 8 rings (SSSR count). The Morgan fingerprint density at radius 1 is 0.687 bits per heavy atom. The third-order valence-electron chi connectivity index (χ3n) is 16.8. The number of amides is 6. The first-order valence-electron chi connectivity index (χ1n) is 29.4. The molecule has 0 bridgehead atoms. The zero-order valence-electron chi connectivity index (χ0n) is 50.2. The molecule has 10 atom stereocenters. The molecule has 6 amide bonds. The monoisotopic (exact) mass is 1170 g/mol. The number of likely N-dealkylation sites (N-methyl/N-ethyl adjacent to an activating group) is 1. The number of nitrogens with one attached hydrogen (secondary N) is 3. The highest BCUT2D eigenvalue weighted by Gasteiger charge is 2.56. The topological polar surface area (TPSA) is 193 Å². The number of thioether (sulfide) groups is 2. The van der Waals surface area contributed by atoms with Crippen molar-refractivity contribution in [3.8, 4) is 0 Å². The number of nitrogens with zero attached hydrogens (tertiary/aromatic N) is 3. The van der Waals surface area contributed by atoms with Gasteiger partial charge in [-0.15, -0.1) is 23.5 Å². The molecule has 4 aromatic carbocycles. The fourth-order valence-electron chi connectivity index (χ4n) is 11.9. The summed E-state index contributed by atoms with van der Waals surface area (Å²) >= 11 is 3.31. The molecule has 0 saturated carbocycles. The molecule has 0 aliphatic carbocycles. The van der Waals surface area contributed by atoms with Gasteiger partial charge in [-0.2, -0.15) is 0 Å². The van der Waals surface area contributed by atoms with Gasteiger partial charge in [0.05, 0.1) is 49.3 Å². The van der Waals surface area contributed by atoms with Crippen LogP contribution >= 0.6 is 23.5 Å². The Morgan fingerprint density at radius 2 is 1.18 bits per heavy atom. The lowest BCUT2D eigenvalue weighted by Crippen LogP contribution is -2.57. The van der Waals surface area contributed by atoms with Crippen LogP contribution in [-0.4, -0.2) is 134 Å². The van der Waals surface area contributed by atoms with Gasteiger partial charge in [0.2, 0.25) is 29.5 Å². The SMILES string of the molecule is CC[C@@H](C)C(=O)N[C@H]1CCS[C@H]2CC(C)(C)[C@@H](C(=O)N[C@H](COCc3ccc4cc(COC[C@@H](CC(=O)[C@H]5N6C(=O)[C@@H](NC(=O)[C@H](C)N(C)C(=O)OC(C)(C)C)CCS[C@@H]6CC5(C)C)c5ccccc5)ccc4c3)c3ccccc3)N2C1=O. The van der Waals surface area contributed by atoms with E-state index in [0.29, 0.717) is 56.8 Å². The number of hydrogen-bond donors (Lipinski definition) is 3. The molecular weight excluding hydrogens is 1090 g/mol. The number of fused-ring (bicyclic) bond motifs is 3. The van der Waals surface area contributed by atoms with Crippen LogP contribution < -0.4 is 16.0 Å². The highest BCUT2D eigenvalue weighted by atomic mass is 32.2. The Kier molecular flexibility index (Phi) is 20.5. The van der Waals surface area contributed by atoms with E-state index in [-0.39, 0.29) is 71.6 Å². The fraction of sp³-hybridized carbons (Fsp3) is 0.554. The van der Waals surface area contributed by atoms with Gasteiger partial charge in [0.15, 0.2) is 5.78 Å². The molecule has 0 spiro atoms. The highest BCUT2D eigenvalue weighted by Crippen LogP contribution is 2.48. The molecular formula is C65H86N6O10S2. The average molecular weight is 1180 g/mol. The van der Waals surface area contributed by atoms with E-state index in [4.69, 9.17) is 14.2 Å². The average Bonchev–Trinajstić information content (AvgIpc) is 2.13. The number of carbonyl (C=O) groups excluding carboxylic acids is 7. The number of benzene rings is 4. The van der Waals surface area contributed by atoms with Crippen molar-refractivity contribution in [1.82, 2.24) is 30.7 Å². The summed E-state index contributed by atoms with van der Waals surface area (Å²) in [5.41, 5.74) is 1.98. The number of Topliss-reactive ketones (excluding diaryl/α,β-unsaturated/α-hetero) is 1. The Balaban J connectivity index is 0.886. The number of rotatable bonds is 21. The molecule has 4 fully saturated rings. The van der Waals surface area contributed by atoms with Gasteiger partial charge in [-0.3, -0.25) is 33.7 Å². The predicted octanol–water partition coefficient (Wildman–Crippen LogP) is 9.92. The molecule has 18 heteroatoms. The van der Waals surface area contributed by atoms with Crippen molar-refractivity contribution in [1.29, 1.82) is 0 Å². The Bertz CT molecular complexity index is 2970. The summed E-state index contributed by atoms with van der Waals surface area (Å²) in [7, 11) is 1.50. The summed E-state index contributed by atoms with van der Waals surface area (Å²) in [5.74, 6) is -0.625. The summed E-state index contributed by atoms with van der Waals surface area (Å²) in [4.78, 5) is 102. The van der Waals surface area contributed by atoms with Gasteiger partial charge in [0.25, 0.3) is 0 Å². The van der Waals surface area contributed by atoms with Crippen LogP contribution in [0.4, 0.5) is 4.79 Å². The number of carbonyl (C=O) groups is 7. The summed E-state index contributed by atoms with van der Waals surface area (Å²) < 4.78 is 18.3. The molecule has 0 unspecified atom stereocenters. The Morgan fingerprint density at radius 3 is 1.71 bits per heavy atom. The molecule has 83 heavy (non-hydrogen) atoms. The molecule has 0 radical (unpaired) electrons. The van der Waals surface area contributed by atoms with Crippen LogP contribution in [0.3, 0.4) is 0 Å². The minimum absolute atomic E-state index is 0.0602. The second kappa shape index (κ2) is 27.0. The number of hydrogen-bond acceptors (Lipinski definition) is 12. The standard InChI is InChI=1S/C65H86N6O10S2/c1-12-40(2)57(73)66-49-27-29-83-54-35-65(9,10)56(71(54)61(49)77)59(75)68-51(45-21-17-14-18-22-45)39-80-37-43-24-26-46-31-42(23-25-47(46)32-43)36-79-38-48(44-19-15-13-16-20-44)33-52(72)55-64(7,8)34-53-70(55)60(76)50(28-30-82-53)67-58(74)41(3)69(11)62(78)81-63(4,5)6/h13-26,31-32,40-41,48-51,53-56H,12,27-30,33-39H2,1-11H3,(H,66,73)(H,67,74)(H,68,75)/t40-,41+,48-,49+,50+,51-,53-,54+,55-,56-/m1/s1. The van der Waals surface area contributed by atoms with E-state index in [9.17, 15) is 33.6 Å². The third kappa shape index (κ3) is 15.3. The zero-order chi connectivity index (χ0) is 60.0. The molecule has 4 aliphatic rings. The van der Waals surface area contributed by atoms with Gasteiger partial charge in [-0.25, -0.2) is 4.79 Å². The van der Waals surface area contributed by atoms with E-state index < -0.39 is 64.7 Å². The smallest absolute Gasteiger partial charge is 0.410 e. The first kappa shape index (κ1) is 63.1. The van der Waals surface area contributed by atoms with Gasteiger partial charge < -0.3 is 40.0 Å². The summed E-state index contributed by atoms with van der Waals surface area (Å²) in [5, 5.41) is 10.8. The van der Waals surface area contributed by atoms with Crippen molar-refractivity contribution in [3.05, 3.63) is 119 Å². The summed E-state index contributed by atoms with van der Waals surface area (Å²) in [6.45, 7) is 19.9. The molecule has 3 N–H and O–H groups in total. The Hall–Kier alpha value is -5.95. The largest absolute Gasteiger partial charge is 0.444 e. The van der Waals surface area contributed by atoms with Crippen LogP contribution in [0.5, 0.6) is 0 Å². The van der Waals surface area contributed by atoms with E-state index in [0.717, 1.165) is 33.0 Å². The van der Waals surface area contributed by atoms with Crippen LogP contribution in [0.25, 0.3) is 10.8 Å². The van der Waals surface area contributed by atoms with Crippen molar-refractivity contribution >= 4 is 75.7 Å². The van der Waals surface area contributed by atoms with Gasteiger partial charge in [0.1, 0.15) is 29.8 Å². The van der Waals surface area contributed by atoms with Gasteiger partial charge >= 0.3 is 6.09 Å². The maximum absolute atomic E-state index is 14.8. The fourth-order valence-corrected chi connectivity index (χ4v) is 15.1. The third-order valence-corrected chi connectivity index (χ3v) is 19.3. The van der Waals surface area contributed by atoms with Crippen molar-refractivity contribution in [3.63, 3.8) is 0 Å². The minimum atomic E-state index is -0.904. The molecule has 448 valence electrons. The minimum Gasteiger partial charge on any atom is -0.444 e. The van der Waals surface area contributed by atoms with Crippen LogP contribution in [-0.2, 0) is 56.2 Å². The lowest BCUT2D eigenvalue weighted by atomic mass is 9.79. The highest BCUT2D eigenvalue weighted by molar-refractivity contribution is 8.00. The lowest BCUT2D eigenvalue weighted by molar-refractivity contribution is -0.144. The number of ketones is 1. The predicted molar refractivity (Wildman–Crippen MR) is 326 cm³/mol. The van der Waals surface area contributed by atoms with Crippen LogP contribution in [0.2, 0.25) is 0 Å². The molecule has 0 aromatic heterocycles. The van der Waals surface area contributed by atoms with Crippen molar-refractivity contribution in [2.24, 2.45) is 16.7 Å². The van der Waals surface area contributed by atoms with Crippen molar-refractivity contribution < 1.29 is 47.8 Å². The van der Waals surface area contributed by atoms with Crippen molar-refractivity contribution in [2.75, 3.05) is 31.8 Å². The van der Waals surface area contributed by atoms with E-state index in [1.165, 1.54) is 11.9 Å². The van der Waals surface area contributed by atoms with Crippen LogP contribution in [0, 0.1) is 16.7 Å². The maximum Gasteiger partial charge on any atom is 0.410 e. The van der Waals surface area contributed by atoms with Crippen molar-refractivity contribution in [2.45, 2.75) is 179 Å². The van der Waals surface area contributed by atoms with E-state index in [1.54, 1.807) is 61.0 Å². The molecule has 4 saturated heterocycles. The second-order valence-electron chi connectivity index (χ2n) is 25.4. The molecule has 4 heterocycles. The Labute approximate surface area is 499 Å². The zero-order valence-corrected chi connectivity index (χ0v) is 51.9. The number of ether oxygens (including phenoxy) is 3. The quantitative estimate of drug-likeness (QED) is 0.0716. The van der Waals surface area contributed by atoms with Crippen LogP contribution in [0.1, 0.15) is 142 Å². The first-order chi connectivity index (χ1) is 39.3. The maximum atomic E-state index is 14.8. The summed E-state index contributed by atoms with van der Waals surface area (Å²) in [6.07, 6.45) is 2.36. The van der Waals surface area contributed by atoms with Crippen LogP contribution in [0.15, 0.2) is 97.1 Å².